The summed E-state index contributed by atoms with van der Waals surface area (Å²) >= 11 is 0. The number of rotatable bonds is 3. The fourth-order valence-electron chi connectivity index (χ4n) is 8.97. The van der Waals surface area contributed by atoms with Crippen LogP contribution in [-0.2, 0) is 5.41 Å². The Bertz CT molecular complexity index is 2790. The SMILES string of the molecule is C1=C(c2ccc3c4ccccc4n(-c4ccccc4)c3c2)CCC2=C1C1(c3ccccc3O2)c2ccccc2Oc2cc(-c3ccccc3)ccc21. The average molecular weight is 668 g/mol. The van der Waals surface area contributed by atoms with Gasteiger partial charge in [-0.1, -0.05) is 133 Å². The minimum Gasteiger partial charge on any atom is -0.461 e. The van der Waals surface area contributed by atoms with E-state index in [9.17, 15) is 0 Å². The molecule has 1 spiro atoms. The second kappa shape index (κ2) is 11.2. The monoisotopic (exact) mass is 667 g/mol. The van der Waals surface area contributed by atoms with Crippen LogP contribution in [-0.4, -0.2) is 4.57 Å². The largest absolute Gasteiger partial charge is 0.461 e. The Hall–Kier alpha value is -6.58. The normalized spacial score (nSPS) is 17.1. The van der Waals surface area contributed by atoms with Gasteiger partial charge in [0.15, 0.2) is 0 Å². The van der Waals surface area contributed by atoms with Crippen LogP contribution in [0.25, 0.3) is 44.2 Å². The Morgan fingerprint density at radius 3 is 1.88 bits per heavy atom. The fraction of sp³-hybridized carbons (Fsp3) is 0.0612. The molecule has 7 aromatic carbocycles. The van der Waals surface area contributed by atoms with Crippen molar-refractivity contribution in [3.63, 3.8) is 0 Å². The molecule has 246 valence electrons. The molecule has 1 atom stereocenters. The molecule has 11 rings (SSSR count). The zero-order chi connectivity index (χ0) is 34.2. The molecule has 0 amide bonds. The van der Waals surface area contributed by atoms with Gasteiger partial charge in [0, 0.05) is 45.1 Å². The third-order valence-electron chi connectivity index (χ3n) is 11.2. The van der Waals surface area contributed by atoms with Gasteiger partial charge in [-0.25, -0.2) is 0 Å². The molecule has 0 saturated heterocycles. The van der Waals surface area contributed by atoms with E-state index in [4.69, 9.17) is 9.47 Å². The van der Waals surface area contributed by atoms with Gasteiger partial charge in [0.05, 0.1) is 16.4 Å². The molecule has 3 heteroatoms. The summed E-state index contributed by atoms with van der Waals surface area (Å²) in [6.07, 6.45) is 4.12. The van der Waals surface area contributed by atoms with Crippen molar-refractivity contribution in [3.8, 4) is 34.1 Å². The summed E-state index contributed by atoms with van der Waals surface area (Å²) < 4.78 is 16.1. The van der Waals surface area contributed by atoms with Crippen molar-refractivity contribution < 1.29 is 9.47 Å². The highest BCUT2D eigenvalue weighted by molar-refractivity contribution is 6.10. The van der Waals surface area contributed by atoms with E-state index in [0.717, 1.165) is 69.4 Å². The molecular formula is C49H33NO2. The van der Waals surface area contributed by atoms with Gasteiger partial charge in [-0.15, -0.1) is 0 Å². The Morgan fingerprint density at radius 2 is 1.08 bits per heavy atom. The first-order valence-electron chi connectivity index (χ1n) is 18.1. The number of hydrogen-bond donors (Lipinski definition) is 0. The molecular weight excluding hydrogens is 635 g/mol. The van der Waals surface area contributed by atoms with Gasteiger partial charge in [-0.05, 0) is 71.1 Å². The maximum Gasteiger partial charge on any atom is 0.132 e. The first-order chi connectivity index (χ1) is 25.8. The Balaban J connectivity index is 1.16. The Kier molecular flexibility index (Phi) is 6.29. The second-order valence-corrected chi connectivity index (χ2v) is 13.9. The van der Waals surface area contributed by atoms with E-state index in [-0.39, 0.29) is 0 Å². The van der Waals surface area contributed by atoms with E-state index in [2.05, 4.69) is 181 Å². The molecule has 3 heterocycles. The van der Waals surface area contributed by atoms with Crippen LogP contribution < -0.4 is 9.47 Å². The molecule has 1 aromatic heterocycles. The van der Waals surface area contributed by atoms with Gasteiger partial charge in [0.25, 0.3) is 0 Å². The molecule has 0 bridgehead atoms. The molecule has 0 N–H and O–H groups in total. The third kappa shape index (κ3) is 4.14. The van der Waals surface area contributed by atoms with Crippen LogP contribution in [0.1, 0.15) is 35.1 Å². The number of fused-ring (bicyclic) bond motifs is 10. The van der Waals surface area contributed by atoms with E-state index < -0.39 is 5.41 Å². The van der Waals surface area contributed by atoms with Crippen molar-refractivity contribution >= 4 is 27.4 Å². The molecule has 8 aromatic rings. The molecule has 3 nitrogen and oxygen atoms in total. The molecule has 1 aliphatic carbocycles. The van der Waals surface area contributed by atoms with Crippen molar-refractivity contribution in [3.05, 3.63) is 210 Å². The minimum atomic E-state index is -0.627. The van der Waals surface area contributed by atoms with Crippen LogP contribution in [0.5, 0.6) is 17.2 Å². The predicted octanol–water partition coefficient (Wildman–Crippen LogP) is 12.4. The van der Waals surface area contributed by atoms with Gasteiger partial charge >= 0.3 is 0 Å². The Morgan fingerprint density at radius 1 is 0.442 bits per heavy atom. The summed E-state index contributed by atoms with van der Waals surface area (Å²) in [6.45, 7) is 0. The molecule has 52 heavy (non-hydrogen) atoms. The lowest BCUT2D eigenvalue weighted by molar-refractivity contribution is 0.352. The maximum absolute atomic E-state index is 6.85. The van der Waals surface area contributed by atoms with Crippen LogP contribution in [0.15, 0.2) is 187 Å². The first kappa shape index (κ1) is 29.2. The van der Waals surface area contributed by atoms with Gasteiger partial charge < -0.3 is 14.0 Å². The first-order valence-corrected chi connectivity index (χ1v) is 18.1. The molecule has 2 aliphatic heterocycles. The standard InChI is InChI=1S/C49H33NO2/c1-3-13-32(14-4-1)35-24-27-41-48(31-35)52-46-22-12-9-19-40(46)49(41)39-18-8-11-21-45(39)51-47-28-25-33(29-42(47)49)34-23-26-38-37-17-7-10-20-43(37)50(44(38)30-34)36-15-5-2-6-16-36/h1-24,26-27,29-31H,25,28H2. The second-order valence-electron chi connectivity index (χ2n) is 13.9. The highest BCUT2D eigenvalue weighted by Gasteiger charge is 2.51. The number of aromatic nitrogens is 1. The van der Waals surface area contributed by atoms with E-state index in [1.807, 2.05) is 0 Å². The smallest absolute Gasteiger partial charge is 0.132 e. The summed E-state index contributed by atoms with van der Waals surface area (Å²) in [7, 11) is 0. The number of ether oxygens (including phenoxy) is 2. The summed E-state index contributed by atoms with van der Waals surface area (Å²) in [6, 6.07) is 60.8. The van der Waals surface area contributed by atoms with Crippen LogP contribution >= 0.6 is 0 Å². The zero-order valence-electron chi connectivity index (χ0n) is 28.4. The van der Waals surface area contributed by atoms with Crippen molar-refractivity contribution in [2.75, 3.05) is 0 Å². The van der Waals surface area contributed by atoms with Crippen molar-refractivity contribution in [1.29, 1.82) is 0 Å². The minimum absolute atomic E-state index is 0.627. The summed E-state index contributed by atoms with van der Waals surface area (Å²) in [4.78, 5) is 0. The lowest BCUT2D eigenvalue weighted by Gasteiger charge is -2.46. The van der Waals surface area contributed by atoms with Crippen LogP contribution in [0, 0.1) is 0 Å². The van der Waals surface area contributed by atoms with E-state index in [1.165, 1.54) is 38.5 Å². The lowest BCUT2D eigenvalue weighted by atomic mass is 9.60. The maximum atomic E-state index is 6.85. The number of benzene rings is 7. The van der Waals surface area contributed by atoms with Gasteiger partial charge in [-0.2, -0.15) is 0 Å². The van der Waals surface area contributed by atoms with Gasteiger partial charge in [0.2, 0.25) is 0 Å². The fourth-order valence-corrected chi connectivity index (χ4v) is 8.97. The summed E-state index contributed by atoms with van der Waals surface area (Å²) in [5, 5.41) is 2.52. The lowest BCUT2D eigenvalue weighted by Crippen LogP contribution is -2.39. The quantitative estimate of drug-likeness (QED) is 0.187. The average Bonchev–Trinajstić information content (AvgIpc) is 3.55. The number of para-hydroxylation sites is 4. The third-order valence-corrected chi connectivity index (χ3v) is 11.2. The van der Waals surface area contributed by atoms with Crippen molar-refractivity contribution in [2.24, 2.45) is 0 Å². The predicted molar refractivity (Wildman–Crippen MR) is 210 cm³/mol. The number of allylic oxidation sites excluding steroid dienone is 4. The summed E-state index contributed by atoms with van der Waals surface area (Å²) in [5.74, 6) is 3.68. The Labute approximate surface area is 302 Å². The van der Waals surface area contributed by atoms with Crippen LogP contribution in [0.4, 0.5) is 0 Å². The van der Waals surface area contributed by atoms with Crippen molar-refractivity contribution in [2.45, 2.75) is 18.3 Å². The molecule has 0 radical (unpaired) electrons. The van der Waals surface area contributed by atoms with Gasteiger partial charge in [-0.3, -0.25) is 0 Å². The zero-order valence-corrected chi connectivity index (χ0v) is 28.4. The highest BCUT2D eigenvalue weighted by Crippen LogP contribution is 2.61. The summed E-state index contributed by atoms with van der Waals surface area (Å²) in [5.41, 5.74) is 12.4. The van der Waals surface area contributed by atoms with E-state index in [1.54, 1.807) is 0 Å². The molecule has 3 aliphatic rings. The highest BCUT2D eigenvalue weighted by atomic mass is 16.5. The van der Waals surface area contributed by atoms with E-state index in [0.29, 0.717) is 0 Å². The van der Waals surface area contributed by atoms with Crippen molar-refractivity contribution in [1.82, 2.24) is 4.57 Å². The van der Waals surface area contributed by atoms with Crippen LogP contribution in [0.2, 0.25) is 0 Å². The number of hydrogen-bond acceptors (Lipinski definition) is 2. The topological polar surface area (TPSA) is 23.4 Å². The molecule has 0 fully saturated rings. The van der Waals surface area contributed by atoms with E-state index >= 15 is 0 Å². The van der Waals surface area contributed by atoms with Crippen LogP contribution in [0.3, 0.4) is 0 Å². The number of nitrogens with zero attached hydrogens (tertiary/aromatic N) is 1. The molecule has 0 saturated carbocycles. The van der Waals surface area contributed by atoms with Gasteiger partial charge in [0.1, 0.15) is 23.0 Å². The molecule has 1 unspecified atom stereocenters.